The lowest BCUT2D eigenvalue weighted by Crippen LogP contribution is -2.40. The van der Waals surface area contributed by atoms with Crippen LogP contribution in [0.15, 0.2) is 51.8 Å². The van der Waals surface area contributed by atoms with Crippen molar-refractivity contribution < 1.29 is 32.2 Å². The maximum absolute atomic E-state index is 12.9. The average molecular weight is 498 g/mol. The molecule has 3 rings (SSSR count). The number of carbonyl (C=O) groups excluding carboxylic acids is 2. The fraction of sp³-hybridized carbons (Fsp3) is 0.300. The Balaban J connectivity index is 1.76. The lowest BCUT2D eigenvalue weighted by atomic mass is 10.1. The van der Waals surface area contributed by atoms with Crippen LogP contribution in [0.3, 0.4) is 0 Å². The number of rotatable bonds is 6. The van der Waals surface area contributed by atoms with E-state index >= 15 is 0 Å². The molecule has 0 saturated carbocycles. The molecule has 10 heteroatoms. The Hall–Kier alpha value is -2.27. The van der Waals surface area contributed by atoms with E-state index in [1.165, 1.54) is 29.6 Å². The van der Waals surface area contributed by atoms with Crippen LogP contribution in [-0.2, 0) is 30.8 Å². The molecular formula is C20H20BrNO7S. The normalized spacial score (nSPS) is 14.9. The predicted octanol–water partition coefficient (Wildman–Crippen LogP) is 2.61. The number of methoxy groups -OCH3 is 1. The fourth-order valence-corrected chi connectivity index (χ4v) is 5.25. The molecule has 0 amide bonds. The summed E-state index contributed by atoms with van der Waals surface area (Å²) in [6.07, 6.45) is 0. The predicted molar refractivity (Wildman–Crippen MR) is 111 cm³/mol. The van der Waals surface area contributed by atoms with Gasteiger partial charge < -0.3 is 14.2 Å². The molecule has 160 valence electrons. The van der Waals surface area contributed by atoms with Gasteiger partial charge in [-0.05, 0) is 51.8 Å². The summed E-state index contributed by atoms with van der Waals surface area (Å²) < 4.78 is 42.7. The summed E-state index contributed by atoms with van der Waals surface area (Å²) in [5, 5.41) is 0. The van der Waals surface area contributed by atoms with Crippen LogP contribution in [0.2, 0.25) is 0 Å². The first kappa shape index (κ1) is 22.4. The molecule has 2 aromatic rings. The molecule has 1 aliphatic rings. The van der Waals surface area contributed by atoms with Crippen molar-refractivity contribution in [2.45, 2.75) is 11.5 Å². The first-order valence-electron chi connectivity index (χ1n) is 9.05. The SMILES string of the molecule is COC(=O)c1cccc(COC(=O)c2ccc(Br)c(S(=O)(=O)N3CCOCC3)c2)c1. The third-order valence-electron chi connectivity index (χ3n) is 4.47. The molecule has 0 bridgehead atoms. The van der Waals surface area contributed by atoms with Crippen molar-refractivity contribution in [3.63, 3.8) is 0 Å². The molecule has 0 atom stereocenters. The van der Waals surface area contributed by atoms with Gasteiger partial charge in [-0.25, -0.2) is 18.0 Å². The molecule has 8 nitrogen and oxygen atoms in total. The van der Waals surface area contributed by atoms with Crippen LogP contribution in [0, 0.1) is 0 Å². The largest absolute Gasteiger partial charge is 0.465 e. The Kier molecular flexibility index (Phi) is 7.24. The number of morpholine rings is 1. The third-order valence-corrected chi connectivity index (χ3v) is 7.37. The van der Waals surface area contributed by atoms with Crippen LogP contribution in [0.1, 0.15) is 26.3 Å². The van der Waals surface area contributed by atoms with Gasteiger partial charge in [0, 0.05) is 17.6 Å². The zero-order valence-corrected chi connectivity index (χ0v) is 18.6. The summed E-state index contributed by atoms with van der Waals surface area (Å²) in [6, 6.07) is 10.8. The highest BCUT2D eigenvalue weighted by molar-refractivity contribution is 9.10. The Morgan fingerprint density at radius 2 is 1.77 bits per heavy atom. The number of esters is 2. The van der Waals surface area contributed by atoms with Crippen molar-refractivity contribution in [3.8, 4) is 0 Å². The van der Waals surface area contributed by atoms with Crippen LogP contribution in [-0.4, -0.2) is 58.1 Å². The standard InChI is InChI=1S/C20H20BrNO7S/c1-27-19(23)15-4-2-3-14(11-15)13-29-20(24)16-5-6-17(21)18(12-16)30(25,26)22-7-9-28-10-8-22/h2-6,11-12H,7-10,13H2,1H3. The van der Waals surface area contributed by atoms with E-state index in [0.717, 1.165) is 0 Å². The number of benzene rings is 2. The minimum Gasteiger partial charge on any atom is -0.465 e. The van der Waals surface area contributed by atoms with Crippen molar-refractivity contribution in [1.29, 1.82) is 0 Å². The lowest BCUT2D eigenvalue weighted by Gasteiger charge is -2.26. The van der Waals surface area contributed by atoms with Crippen LogP contribution >= 0.6 is 15.9 Å². The second-order valence-electron chi connectivity index (χ2n) is 6.43. The minimum absolute atomic E-state index is 0.00783. The Labute approximate surface area is 182 Å². The summed E-state index contributed by atoms with van der Waals surface area (Å²) in [5.74, 6) is -1.17. The van der Waals surface area contributed by atoms with Crippen molar-refractivity contribution in [2.75, 3.05) is 33.4 Å². The molecule has 0 aromatic heterocycles. The van der Waals surface area contributed by atoms with E-state index in [9.17, 15) is 18.0 Å². The molecule has 0 N–H and O–H groups in total. The maximum Gasteiger partial charge on any atom is 0.338 e. The van der Waals surface area contributed by atoms with E-state index in [1.807, 2.05) is 0 Å². The van der Waals surface area contributed by atoms with Crippen molar-refractivity contribution in [2.24, 2.45) is 0 Å². The highest BCUT2D eigenvalue weighted by Gasteiger charge is 2.29. The monoisotopic (exact) mass is 497 g/mol. The van der Waals surface area contributed by atoms with Gasteiger partial charge in [-0.3, -0.25) is 0 Å². The van der Waals surface area contributed by atoms with Gasteiger partial charge in [0.25, 0.3) is 0 Å². The summed E-state index contributed by atoms with van der Waals surface area (Å²) in [6.45, 7) is 1.07. The topological polar surface area (TPSA) is 99.2 Å². The number of hydrogen-bond acceptors (Lipinski definition) is 7. The minimum atomic E-state index is -3.79. The molecule has 30 heavy (non-hydrogen) atoms. The van der Waals surface area contributed by atoms with Gasteiger partial charge in [-0.1, -0.05) is 12.1 Å². The van der Waals surface area contributed by atoms with Gasteiger partial charge in [-0.15, -0.1) is 0 Å². The van der Waals surface area contributed by atoms with Crippen LogP contribution < -0.4 is 0 Å². The first-order valence-corrected chi connectivity index (χ1v) is 11.3. The lowest BCUT2D eigenvalue weighted by molar-refractivity contribution is 0.0472. The quantitative estimate of drug-likeness (QED) is 0.565. The van der Waals surface area contributed by atoms with E-state index in [0.29, 0.717) is 28.8 Å². The van der Waals surface area contributed by atoms with Crippen molar-refractivity contribution in [3.05, 3.63) is 63.6 Å². The Morgan fingerprint density at radius 1 is 1.07 bits per heavy atom. The number of hydrogen-bond donors (Lipinski definition) is 0. The van der Waals surface area contributed by atoms with E-state index in [4.69, 9.17) is 9.47 Å². The number of sulfonamides is 1. The number of carbonyl (C=O) groups is 2. The van der Waals surface area contributed by atoms with E-state index in [1.54, 1.807) is 24.3 Å². The molecule has 0 radical (unpaired) electrons. The molecule has 0 spiro atoms. The number of halogens is 1. The smallest absolute Gasteiger partial charge is 0.338 e. The molecule has 1 saturated heterocycles. The highest BCUT2D eigenvalue weighted by Crippen LogP contribution is 2.27. The first-order chi connectivity index (χ1) is 14.3. The van der Waals surface area contributed by atoms with Crippen LogP contribution in [0.5, 0.6) is 0 Å². The highest BCUT2D eigenvalue weighted by atomic mass is 79.9. The molecule has 1 fully saturated rings. The summed E-state index contributed by atoms with van der Waals surface area (Å²) >= 11 is 3.25. The summed E-state index contributed by atoms with van der Waals surface area (Å²) in [5.41, 5.74) is 1.05. The molecule has 0 unspecified atom stereocenters. The third kappa shape index (κ3) is 5.07. The Bertz CT molecular complexity index is 1050. The van der Waals surface area contributed by atoms with Gasteiger partial charge in [0.2, 0.25) is 10.0 Å². The average Bonchev–Trinajstić information content (AvgIpc) is 2.77. The van der Waals surface area contributed by atoms with Crippen LogP contribution in [0.4, 0.5) is 0 Å². The van der Waals surface area contributed by atoms with Gasteiger partial charge in [-0.2, -0.15) is 4.31 Å². The molecule has 1 aliphatic heterocycles. The molecule has 1 heterocycles. The van der Waals surface area contributed by atoms with Crippen molar-refractivity contribution in [1.82, 2.24) is 4.31 Å². The number of ether oxygens (including phenoxy) is 3. The van der Waals surface area contributed by atoms with E-state index in [2.05, 4.69) is 20.7 Å². The zero-order chi connectivity index (χ0) is 21.7. The van der Waals surface area contributed by atoms with E-state index in [-0.39, 0.29) is 30.2 Å². The number of nitrogens with zero attached hydrogens (tertiary/aromatic N) is 1. The second kappa shape index (κ2) is 9.69. The molecular weight excluding hydrogens is 478 g/mol. The summed E-state index contributed by atoms with van der Waals surface area (Å²) in [4.78, 5) is 24.1. The van der Waals surface area contributed by atoms with Gasteiger partial charge >= 0.3 is 11.9 Å². The van der Waals surface area contributed by atoms with Gasteiger partial charge in [0.1, 0.15) is 6.61 Å². The summed E-state index contributed by atoms with van der Waals surface area (Å²) in [7, 11) is -2.50. The second-order valence-corrected chi connectivity index (χ2v) is 9.19. The van der Waals surface area contributed by atoms with E-state index < -0.39 is 22.0 Å². The Morgan fingerprint density at radius 3 is 2.47 bits per heavy atom. The molecule has 2 aromatic carbocycles. The molecule has 0 aliphatic carbocycles. The zero-order valence-electron chi connectivity index (χ0n) is 16.2. The maximum atomic E-state index is 12.9. The van der Waals surface area contributed by atoms with Crippen molar-refractivity contribution >= 4 is 37.9 Å². The van der Waals surface area contributed by atoms with Gasteiger partial charge in [0.05, 0.1) is 36.3 Å². The fourth-order valence-electron chi connectivity index (χ4n) is 2.89. The van der Waals surface area contributed by atoms with Gasteiger partial charge in [0.15, 0.2) is 0 Å². The van der Waals surface area contributed by atoms with Crippen LogP contribution in [0.25, 0.3) is 0 Å².